The molecule has 2 rings (SSSR count). The van der Waals surface area contributed by atoms with Crippen LogP contribution in [0.5, 0.6) is 0 Å². The van der Waals surface area contributed by atoms with Gasteiger partial charge in [0.25, 0.3) is 0 Å². The van der Waals surface area contributed by atoms with Crippen LogP contribution < -0.4 is 5.32 Å². The Hall–Kier alpha value is -1.12. The van der Waals surface area contributed by atoms with Gasteiger partial charge in [-0.1, -0.05) is 43.3 Å². The number of hydrogen-bond acceptors (Lipinski definition) is 2. The fraction of sp³-hybridized carbons (Fsp3) is 0.333. The van der Waals surface area contributed by atoms with E-state index < -0.39 is 0 Å². The summed E-state index contributed by atoms with van der Waals surface area (Å²) >= 11 is 1.83. The summed E-state index contributed by atoms with van der Waals surface area (Å²) < 4.78 is 0. The van der Waals surface area contributed by atoms with Crippen LogP contribution in [0.25, 0.3) is 0 Å². The Labute approximate surface area is 108 Å². The predicted molar refractivity (Wildman–Crippen MR) is 75.3 cm³/mol. The molecule has 0 bridgehead atoms. The SMILES string of the molecule is CCC(NC(C)c1ccccc1)c1cccs1. The summed E-state index contributed by atoms with van der Waals surface area (Å²) in [6.07, 6.45) is 1.12. The van der Waals surface area contributed by atoms with Gasteiger partial charge < -0.3 is 5.32 Å². The van der Waals surface area contributed by atoms with E-state index in [1.165, 1.54) is 10.4 Å². The maximum atomic E-state index is 3.70. The summed E-state index contributed by atoms with van der Waals surface area (Å²) in [4.78, 5) is 1.43. The highest BCUT2D eigenvalue weighted by atomic mass is 32.1. The van der Waals surface area contributed by atoms with E-state index in [2.05, 4.69) is 67.0 Å². The predicted octanol–water partition coefficient (Wildman–Crippen LogP) is 4.55. The average Bonchev–Trinajstić information content (AvgIpc) is 2.90. The van der Waals surface area contributed by atoms with Gasteiger partial charge >= 0.3 is 0 Å². The number of rotatable bonds is 5. The Morgan fingerprint density at radius 2 is 1.88 bits per heavy atom. The Kier molecular flexibility index (Phi) is 4.35. The highest BCUT2D eigenvalue weighted by Gasteiger charge is 2.13. The van der Waals surface area contributed by atoms with E-state index in [0.717, 1.165) is 6.42 Å². The van der Waals surface area contributed by atoms with E-state index in [0.29, 0.717) is 12.1 Å². The van der Waals surface area contributed by atoms with Gasteiger partial charge in [0.1, 0.15) is 0 Å². The summed E-state index contributed by atoms with van der Waals surface area (Å²) in [5, 5.41) is 5.84. The summed E-state index contributed by atoms with van der Waals surface area (Å²) in [6.45, 7) is 4.46. The van der Waals surface area contributed by atoms with E-state index in [1.807, 2.05) is 11.3 Å². The third-order valence-corrected chi connectivity index (χ3v) is 4.03. The van der Waals surface area contributed by atoms with Gasteiger partial charge in [-0.05, 0) is 30.4 Å². The molecule has 0 aliphatic rings. The standard InChI is InChI=1S/C15H19NS/c1-3-14(15-10-7-11-17-15)16-12(2)13-8-5-4-6-9-13/h4-12,14,16H,3H2,1-2H3. The number of nitrogens with one attached hydrogen (secondary N) is 1. The summed E-state index contributed by atoms with van der Waals surface area (Å²) in [5.41, 5.74) is 1.35. The topological polar surface area (TPSA) is 12.0 Å². The zero-order valence-corrected chi connectivity index (χ0v) is 11.2. The van der Waals surface area contributed by atoms with Gasteiger partial charge in [0.2, 0.25) is 0 Å². The zero-order chi connectivity index (χ0) is 12.1. The lowest BCUT2D eigenvalue weighted by Crippen LogP contribution is -2.23. The van der Waals surface area contributed by atoms with Gasteiger partial charge in [0.15, 0.2) is 0 Å². The minimum Gasteiger partial charge on any atom is -0.303 e. The molecule has 0 amide bonds. The summed E-state index contributed by atoms with van der Waals surface area (Å²) in [5.74, 6) is 0. The van der Waals surface area contributed by atoms with Crippen LogP contribution in [0.4, 0.5) is 0 Å². The van der Waals surface area contributed by atoms with Crippen LogP contribution in [-0.2, 0) is 0 Å². The normalized spacial score (nSPS) is 14.5. The first-order valence-electron chi connectivity index (χ1n) is 6.15. The monoisotopic (exact) mass is 245 g/mol. The Bertz CT molecular complexity index is 421. The molecule has 0 fully saturated rings. The molecule has 1 aromatic carbocycles. The van der Waals surface area contributed by atoms with Crippen LogP contribution >= 0.6 is 11.3 Å². The molecule has 1 heterocycles. The lowest BCUT2D eigenvalue weighted by atomic mass is 10.1. The molecule has 0 saturated heterocycles. The second kappa shape index (κ2) is 5.99. The van der Waals surface area contributed by atoms with Crippen molar-refractivity contribution in [3.05, 3.63) is 58.3 Å². The van der Waals surface area contributed by atoms with E-state index in [1.54, 1.807) is 0 Å². The van der Waals surface area contributed by atoms with Crippen LogP contribution in [0.15, 0.2) is 47.8 Å². The molecular formula is C15H19NS. The molecule has 0 radical (unpaired) electrons. The fourth-order valence-corrected chi connectivity index (χ4v) is 2.90. The molecule has 1 aromatic heterocycles. The van der Waals surface area contributed by atoms with Crippen LogP contribution in [0, 0.1) is 0 Å². The van der Waals surface area contributed by atoms with E-state index in [-0.39, 0.29) is 0 Å². The van der Waals surface area contributed by atoms with Crippen molar-refractivity contribution in [2.75, 3.05) is 0 Å². The number of benzene rings is 1. The number of hydrogen-bond donors (Lipinski definition) is 1. The van der Waals surface area contributed by atoms with Crippen LogP contribution in [0.3, 0.4) is 0 Å². The molecule has 2 aromatic rings. The maximum Gasteiger partial charge on any atom is 0.0416 e. The van der Waals surface area contributed by atoms with E-state index in [4.69, 9.17) is 0 Å². The first kappa shape index (κ1) is 12.3. The third kappa shape index (κ3) is 3.18. The molecule has 2 unspecified atom stereocenters. The van der Waals surface area contributed by atoms with Crippen molar-refractivity contribution in [3.63, 3.8) is 0 Å². The van der Waals surface area contributed by atoms with Gasteiger partial charge in [0.05, 0.1) is 0 Å². The maximum absolute atomic E-state index is 3.70. The molecular weight excluding hydrogens is 226 g/mol. The van der Waals surface area contributed by atoms with Crippen molar-refractivity contribution in [3.8, 4) is 0 Å². The van der Waals surface area contributed by atoms with Crippen molar-refractivity contribution in [1.82, 2.24) is 5.32 Å². The fourth-order valence-electron chi connectivity index (χ4n) is 2.03. The molecule has 0 spiro atoms. The molecule has 2 atom stereocenters. The van der Waals surface area contributed by atoms with E-state index >= 15 is 0 Å². The molecule has 1 nitrogen and oxygen atoms in total. The summed E-state index contributed by atoms with van der Waals surface area (Å²) in [6, 6.07) is 15.8. The molecule has 0 aliphatic carbocycles. The highest BCUT2D eigenvalue weighted by molar-refractivity contribution is 7.10. The van der Waals surface area contributed by atoms with Gasteiger partial charge in [-0.25, -0.2) is 0 Å². The van der Waals surface area contributed by atoms with Crippen molar-refractivity contribution >= 4 is 11.3 Å². The van der Waals surface area contributed by atoms with Gasteiger partial charge in [-0.15, -0.1) is 11.3 Å². The minimum absolute atomic E-state index is 0.392. The molecule has 2 heteroatoms. The van der Waals surface area contributed by atoms with Gasteiger partial charge in [-0.2, -0.15) is 0 Å². The Morgan fingerprint density at radius 3 is 2.47 bits per heavy atom. The van der Waals surface area contributed by atoms with Crippen molar-refractivity contribution in [2.24, 2.45) is 0 Å². The minimum atomic E-state index is 0.392. The average molecular weight is 245 g/mol. The second-order valence-electron chi connectivity index (χ2n) is 4.28. The molecule has 90 valence electrons. The highest BCUT2D eigenvalue weighted by Crippen LogP contribution is 2.25. The smallest absolute Gasteiger partial charge is 0.0416 e. The van der Waals surface area contributed by atoms with Crippen LogP contribution in [0.2, 0.25) is 0 Å². The quantitative estimate of drug-likeness (QED) is 0.815. The second-order valence-corrected chi connectivity index (χ2v) is 5.25. The van der Waals surface area contributed by atoms with Gasteiger partial charge in [0, 0.05) is 17.0 Å². The van der Waals surface area contributed by atoms with Gasteiger partial charge in [-0.3, -0.25) is 0 Å². The van der Waals surface area contributed by atoms with Crippen LogP contribution in [0.1, 0.15) is 42.8 Å². The Morgan fingerprint density at radius 1 is 1.12 bits per heavy atom. The first-order valence-corrected chi connectivity index (χ1v) is 7.03. The largest absolute Gasteiger partial charge is 0.303 e. The van der Waals surface area contributed by atoms with Crippen molar-refractivity contribution in [1.29, 1.82) is 0 Å². The summed E-state index contributed by atoms with van der Waals surface area (Å²) in [7, 11) is 0. The number of thiophene rings is 1. The molecule has 0 aliphatic heterocycles. The lowest BCUT2D eigenvalue weighted by molar-refractivity contribution is 0.462. The lowest BCUT2D eigenvalue weighted by Gasteiger charge is -2.21. The van der Waals surface area contributed by atoms with E-state index in [9.17, 15) is 0 Å². The Balaban J connectivity index is 2.05. The van der Waals surface area contributed by atoms with Crippen molar-refractivity contribution < 1.29 is 0 Å². The zero-order valence-electron chi connectivity index (χ0n) is 10.4. The molecule has 0 saturated carbocycles. The van der Waals surface area contributed by atoms with Crippen LogP contribution in [-0.4, -0.2) is 0 Å². The molecule has 17 heavy (non-hydrogen) atoms. The van der Waals surface area contributed by atoms with Crippen molar-refractivity contribution in [2.45, 2.75) is 32.4 Å². The first-order chi connectivity index (χ1) is 8.31. The third-order valence-electron chi connectivity index (χ3n) is 3.05. The molecule has 1 N–H and O–H groups in total.